The van der Waals surface area contributed by atoms with E-state index in [1.54, 1.807) is 0 Å². The lowest BCUT2D eigenvalue weighted by molar-refractivity contribution is -0.135. The van der Waals surface area contributed by atoms with Crippen molar-refractivity contribution < 1.29 is 18.3 Å². The number of hydrogen-bond donors (Lipinski definition) is 2. The van der Waals surface area contributed by atoms with Crippen molar-refractivity contribution in [2.75, 3.05) is 32.7 Å². The van der Waals surface area contributed by atoms with Crippen LogP contribution in [0.25, 0.3) is 0 Å². The molecule has 3 nitrogen and oxygen atoms in total. The summed E-state index contributed by atoms with van der Waals surface area (Å²) in [6.07, 6.45) is -2.91. The van der Waals surface area contributed by atoms with E-state index in [0.717, 1.165) is 13.1 Å². The predicted octanol–water partition coefficient (Wildman–Crippen LogP) is 1.38. The van der Waals surface area contributed by atoms with Crippen molar-refractivity contribution >= 4 is 0 Å². The van der Waals surface area contributed by atoms with Crippen LogP contribution in [0.3, 0.4) is 0 Å². The number of aliphatic hydroxyl groups excluding tert-OH is 1. The van der Waals surface area contributed by atoms with Gasteiger partial charge >= 0.3 is 6.18 Å². The maximum atomic E-state index is 11.8. The Labute approximate surface area is 100.0 Å². The molecule has 1 saturated heterocycles. The molecular formula is C11H21F3N2O. The van der Waals surface area contributed by atoms with E-state index in [-0.39, 0.29) is 6.42 Å². The number of alkyl halides is 3. The van der Waals surface area contributed by atoms with Gasteiger partial charge in [0.1, 0.15) is 0 Å². The number of likely N-dealkylation sites (tertiary alicyclic amines) is 1. The zero-order valence-corrected chi connectivity index (χ0v) is 9.97. The van der Waals surface area contributed by atoms with Crippen LogP contribution in [0.15, 0.2) is 0 Å². The fraction of sp³-hybridized carbons (Fsp3) is 1.00. The molecular weight excluding hydrogens is 233 g/mol. The van der Waals surface area contributed by atoms with Gasteiger partial charge < -0.3 is 15.3 Å². The summed E-state index contributed by atoms with van der Waals surface area (Å²) >= 11 is 0. The summed E-state index contributed by atoms with van der Waals surface area (Å²) < 4.78 is 35.5. The van der Waals surface area contributed by atoms with E-state index in [4.69, 9.17) is 0 Å². The fourth-order valence-corrected chi connectivity index (χ4v) is 2.01. The van der Waals surface area contributed by atoms with Gasteiger partial charge in [0.05, 0.1) is 6.10 Å². The fourth-order valence-electron chi connectivity index (χ4n) is 2.01. The van der Waals surface area contributed by atoms with Crippen LogP contribution in [0.5, 0.6) is 0 Å². The van der Waals surface area contributed by atoms with Crippen LogP contribution in [-0.4, -0.2) is 55.0 Å². The molecule has 0 aliphatic carbocycles. The minimum absolute atomic E-state index is 0.0694. The molecule has 1 aliphatic heterocycles. The number of rotatable bonds is 7. The maximum Gasteiger partial charge on any atom is 0.389 e. The maximum absolute atomic E-state index is 11.8. The molecule has 17 heavy (non-hydrogen) atoms. The average Bonchev–Trinajstić information content (AvgIpc) is 2.68. The summed E-state index contributed by atoms with van der Waals surface area (Å²) in [6, 6.07) is 0. The molecule has 0 aromatic carbocycles. The SMILES string of the molecule is OC(CNCCCC(F)(F)F)CN1CCCC1. The molecule has 1 aliphatic rings. The molecule has 1 rings (SSSR count). The number of aliphatic hydroxyl groups is 1. The van der Waals surface area contributed by atoms with E-state index < -0.39 is 18.7 Å². The van der Waals surface area contributed by atoms with Gasteiger partial charge in [0.25, 0.3) is 0 Å². The summed E-state index contributed by atoms with van der Waals surface area (Å²) in [5, 5.41) is 12.5. The minimum atomic E-state index is -4.07. The third kappa shape index (κ3) is 7.57. The van der Waals surface area contributed by atoms with Crippen molar-refractivity contribution in [2.45, 2.75) is 38.0 Å². The Bertz CT molecular complexity index is 205. The van der Waals surface area contributed by atoms with Crippen LogP contribution in [-0.2, 0) is 0 Å². The van der Waals surface area contributed by atoms with Gasteiger partial charge in [0, 0.05) is 19.5 Å². The Kier molecular flexibility index (Phi) is 6.22. The first-order valence-electron chi connectivity index (χ1n) is 6.15. The van der Waals surface area contributed by atoms with Gasteiger partial charge in [-0.1, -0.05) is 0 Å². The summed E-state index contributed by atoms with van der Waals surface area (Å²) in [7, 11) is 0. The second kappa shape index (κ2) is 7.18. The molecule has 1 fully saturated rings. The monoisotopic (exact) mass is 254 g/mol. The molecule has 0 saturated carbocycles. The summed E-state index contributed by atoms with van der Waals surface area (Å²) in [4.78, 5) is 2.18. The van der Waals surface area contributed by atoms with Crippen molar-refractivity contribution in [1.29, 1.82) is 0 Å². The molecule has 0 radical (unpaired) electrons. The highest BCUT2D eigenvalue weighted by molar-refractivity contribution is 4.71. The van der Waals surface area contributed by atoms with Crippen molar-refractivity contribution in [2.24, 2.45) is 0 Å². The van der Waals surface area contributed by atoms with Crippen molar-refractivity contribution in [3.05, 3.63) is 0 Å². The Morgan fingerprint density at radius 3 is 2.47 bits per heavy atom. The van der Waals surface area contributed by atoms with Gasteiger partial charge in [-0.2, -0.15) is 13.2 Å². The highest BCUT2D eigenvalue weighted by atomic mass is 19.4. The van der Waals surface area contributed by atoms with E-state index >= 15 is 0 Å². The Hall–Kier alpha value is -0.330. The Morgan fingerprint density at radius 2 is 1.88 bits per heavy atom. The summed E-state index contributed by atoms with van der Waals surface area (Å²) in [6.45, 7) is 3.33. The van der Waals surface area contributed by atoms with E-state index in [1.807, 2.05) is 0 Å². The minimum Gasteiger partial charge on any atom is -0.390 e. The van der Waals surface area contributed by atoms with Crippen LogP contribution in [0, 0.1) is 0 Å². The second-order valence-electron chi connectivity index (χ2n) is 4.58. The van der Waals surface area contributed by atoms with E-state index in [1.165, 1.54) is 12.8 Å². The highest BCUT2D eigenvalue weighted by Crippen LogP contribution is 2.20. The number of halogens is 3. The van der Waals surface area contributed by atoms with Crippen LogP contribution < -0.4 is 5.32 Å². The first-order valence-corrected chi connectivity index (χ1v) is 6.15. The van der Waals surface area contributed by atoms with Gasteiger partial charge in [0.15, 0.2) is 0 Å². The molecule has 1 atom stereocenters. The molecule has 1 heterocycles. The standard InChI is InChI=1S/C11H21F3N2O/c12-11(13,14)4-3-5-15-8-10(17)9-16-6-1-2-7-16/h10,15,17H,1-9H2. The van der Waals surface area contributed by atoms with Gasteiger partial charge in [-0.15, -0.1) is 0 Å². The van der Waals surface area contributed by atoms with Gasteiger partial charge in [-0.05, 0) is 38.9 Å². The first kappa shape index (κ1) is 14.7. The smallest absolute Gasteiger partial charge is 0.389 e. The van der Waals surface area contributed by atoms with Crippen molar-refractivity contribution in [1.82, 2.24) is 10.2 Å². The molecule has 0 aromatic heterocycles. The van der Waals surface area contributed by atoms with Crippen LogP contribution in [0.1, 0.15) is 25.7 Å². The van der Waals surface area contributed by atoms with Crippen molar-refractivity contribution in [3.63, 3.8) is 0 Å². The second-order valence-corrected chi connectivity index (χ2v) is 4.58. The average molecular weight is 254 g/mol. The van der Waals surface area contributed by atoms with Gasteiger partial charge in [-0.25, -0.2) is 0 Å². The molecule has 0 bridgehead atoms. The normalized spacial score (nSPS) is 19.8. The Morgan fingerprint density at radius 1 is 1.24 bits per heavy atom. The van der Waals surface area contributed by atoms with E-state index in [9.17, 15) is 18.3 Å². The molecule has 6 heteroatoms. The lowest BCUT2D eigenvalue weighted by Crippen LogP contribution is -2.37. The first-order chi connectivity index (χ1) is 7.97. The number of hydrogen-bond acceptors (Lipinski definition) is 3. The van der Waals surface area contributed by atoms with Gasteiger partial charge in [-0.3, -0.25) is 0 Å². The van der Waals surface area contributed by atoms with E-state index in [2.05, 4.69) is 10.2 Å². The number of nitrogens with one attached hydrogen (secondary N) is 1. The number of nitrogens with zero attached hydrogens (tertiary/aromatic N) is 1. The molecule has 102 valence electrons. The zero-order chi connectivity index (χ0) is 12.7. The topological polar surface area (TPSA) is 35.5 Å². The molecule has 0 spiro atoms. The van der Waals surface area contributed by atoms with Crippen LogP contribution >= 0.6 is 0 Å². The van der Waals surface area contributed by atoms with Crippen LogP contribution in [0.4, 0.5) is 13.2 Å². The van der Waals surface area contributed by atoms with Gasteiger partial charge in [0.2, 0.25) is 0 Å². The lowest BCUT2D eigenvalue weighted by Gasteiger charge is -2.19. The van der Waals surface area contributed by atoms with E-state index in [0.29, 0.717) is 19.6 Å². The summed E-state index contributed by atoms with van der Waals surface area (Å²) in [5.74, 6) is 0. The molecule has 0 amide bonds. The summed E-state index contributed by atoms with van der Waals surface area (Å²) in [5.41, 5.74) is 0. The predicted molar refractivity (Wildman–Crippen MR) is 59.8 cm³/mol. The van der Waals surface area contributed by atoms with Crippen molar-refractivity contribution in [3.8, 4) is 0 Å². The molecule has 2 N–H and O–H groups in total. The highest BCUT2D eigenvalue weighted by Gasteiger charge is 2.25. The number of β-amino-alcohol motifs (C(OH)–C–C–N with tert-alkyl or cyclic N) is 1. The Balaban J connectivity index is 1.94. The molecule has 1 unspecified atom stereocenters. The zero-order valence-electron chi connectivity index (χ0n) is 9.97. The quantitative estimate of drug-likeness (QED) is 0.674. The molecule has 0 aromatic rings. The third-order valence-electron chi connectivity index (χ3n) is 2.86. The van der Waals surface area contributed by atoms with Crippen LogP contribution in [0.2, 0.25) is 0 Å². The third-order valence-corrected chi connectivity index (χ3v) is 2.86. The largest absolute Gasteiger partial charge is 0.390 e. The lowest BCUT2D eigenvalue weighted by atomic mass is 10.3.